The second kappa shape index (κ2) is 19.0. The van der Waals surface area contributed by atoms with Crippen LogP contribution in [0.25, 0.3) is 0 Å². The highest BCUT2D eigenvalue weighted by molar-refractivity contribution is 7.09. The van der Waals surface area contributed by atoms with Crippen LogP contribution in [0.3, 0.4) is 0 Å². The van der Waals surface area contributed by atoms with Gasteiger partial charge in [-0.15, -0.1) is 0 Å². The molecule has 0 aliphatic heterocycles. The van der Waals surface area contributed by atoms with Gasteiger partial charge in [-0.1, -0.05) is 101 Å². The summed E-state index contributed by atoms with van der Waals surface area (Å²) in [6.07, 6.45) is 18.2. The fraction of sp³-hybridized carbons (Fsp3) is 0.500. The van der Waals surface area contributed by atoms with Crippen molar-refractivity contribution in [1.29, 1.82) is 0 Å². The van der Waals surface area contributed by atoms with Crippen LogP contribution < -0.4 is 31.6 Å². The molecule has 38 heavy (non-hydrogen) atoms. The smallest absolute Gasteiger partial charge is 0.255 e. The maximum absolute atomic E-state index is 12.6. The van der Waals surface area contributed by atoms with Crippen LogP contribution in [0.1, 0.15) is 105 Å². The van der Waals surface area contributed by atoms with Gasteiger partial charge in [0, 0.05) is 16.8 Å². The number of carbonyl (C=O) groups excluding carboxylic acids is 1. The number of rotatable bonds is 18. The maximum Gasteiger partial charge on any atom is 0.255 e. The highest BCUT2D eigenvalue weighted by atomic mass is 79.9. The van der Waals surface area contributed by atoms with E-state index in [1.807, 2.05) is 36.4 Å². The molecule has 0 radical (unpaired) electrons. The molecule has 3 aromatic rings. The number of nitrogens with zero attached hydrogens (tertiary/aromatic N) is 1. The number of amides is 1. The van der Waals surface area contributed by atoms with Gasteiger partial charge in [0.05, 0.1) is 11.5 Å². The highest BCUT2D eigenvalue weighted by Gasteiger charge is 2.08. The molecule has 4 nitrogen and oxygen atoms in total. The molecule has 0 bridgehead atoms. The Balaban J connectivity index is 0.00000507. The van der Waals surface area contributed by atoms with Crippen LogP contribution in [0.2, 0.25) is 0 Å². The second-order valence-corrected chi connectivity index (χ2v) is 11.1. The largest absolute Gasteiger partial charge is 1.00 e. The third-order valence-corrected chi connectivity index (χ3v) is 7.54. The van der Waals surface area contributed by atoms with Gasteiger partial charge < -0.3 is 27.0 Å². The van der Waals surface area contributed by atoms with Gasteiger partial charge in [-0.3, -0.25) is 4.79 Å². The number of carbonyl (C=O) groups is 1. The minimum atomic E-state index is -0.108. The molecular formula is C32H45BrN2O2S. The minimum absolute atomic E-state index is 0. The lowest BCUT2D eigenvalue weighted by Crippen LogP contribution is -3.00. The van der Waals surface area contributed by atoms with Gasteiger partial charge in [0.1, 0.15) is 5.75 Å². The van der Waals surface area contributed by atoms with Crippen molar-refractivity contribution >= 4 is 22.9 Å². The molecular weight excluding hydrogens is 556 g/mol. The first-order valence-corrected chi connectivity index (χ1v) is 15.1. The standard InChI is InChI=1S/C32H44N2O2S.BrH/c1-3-4-5-6-7-8-9-10-11-12-13-14-23-36-31-21-17-29(18-22-31)32(35)33-30-19-15-28(16-20-30)25-34-24-27(2)37-26-34;/h15-22,24,26H,3-14,23,25H2,1-2H3;1H. The number of nitrogens with one attached hydrogen (secondary N) is 1. The number of unbranched alkanes of at least 4 members (excludes halogenated alkanes) is 11. The number of aromatic nitrogens is 1. The molecule has 0 atom stereocenters. The van der Waals surface area contributed by atoms with Crippen molar-refractivity contribution in [1.82, 2.24) is 0 Å². The number of ether oxygens (including phenoxy) is 1. The summed E-state index contributed by atoms with van der Waals surface area (Å²) in [5.41, 5.74) is 4.76. The van der Waals surface area contributed by atoms with E-state index < -0.39 is 0 Å². The van der Waals surface area contributed by atoms with Crippen LogP contribution >= 0.6 is 11.3 Å². The van der Waals surface area contributed by atoms with E-state index in [9.17, 15) is 4.79 Å². The molecule has 1 aromatic heterocycles. The predicted molar refractivity (Wildman–Crippen MR) is 156 cm³/mol. The van der Waals surface area contributed by atoms with E-state index in [4.69, 9.17) is 4.74 Å². The van der Waals surface area contributed by atoms with Crippen molar-refractivity contribution in [3.05, 3.63) is 76.2 Å². The van der Waals surface area contributed by atoms with Crippen LogP contribution in [0.15, 0.2) is 60.2 Å². The molecule has 0 saturated heterocycles. The Kier molecular flexibility index (Phi) is 16.0. The Morgan fingerprint density at radius 2 is 1.39 bits per heavy atom. The Labute approximate surface area is 244 Å². The zero-order chi connectivity index (χ0) is 26.1. The Hall–Kier alpha value is -2.18. The Morgan fingerprint density at radius 1 is 0.816 bits per heavy atom. The summed E-state index contributed by atoms with van der Waals surface area (Å²) in [6, 6.07) is 15.5. The van der Waals surface area contributed by atoms with E-state index in [2.05, 4.69) is 47.6 Å². The molecule has 1 amide bonds. The van der Waals surface area contributed by atoms with E-state index in [1.54, 1.807) is 11.3 Å². The minimum Gasteiger partial charge on any atom is -1.00 e. The summed E-state index contributed by atoms with van der Waals surface area (Å²) in [4.78, 5) is 13.9. The van der Waals surface area contributed by atoms with Gasteiger partial charge in [-0.2, -0.15) is 4.57 Å². The van der Waals surface area contributed by atoms with Gasteiger partial charge in [0.15, 0.2) is 12.7 Å². The van der Waals surface area contributed by atoms with Crippen LogP contribution in [0.4, 0.5) is 5.69 Å². The lowest BCUT2D eigenvalue weighted by atomic mass is 10.1. The number of anilines is 1. The summed E-state index contributed by atoms with van der Waals surface area (Å²) in [6.45, 7) is 5.95. The molecule has 0 aliphatic rings. The lowest BCUT2D eigenvalue weighted by Gasteiger charge is -2.08. The first-order valence-electron chi connectivity index (χ1n) is 14.2. The molecule has 0 saturated carbocycles. The van der Waals surface area contributed by atoms with Crippen LogP contribution in [-0.2, 0) is 6.54 Å². The predicted octanol–water partition coefficient (Wildman–Crippen LogP) is 5.73. The van der Waals surface area contributed by atoms with E-state index in [0.717, 1.165) is 31.0 Å². The fourth-order valence-corrected chi connectivity index (χ4v) is 5.10. The summed E-state index contributed by atoms with van der Waals surface area (Å²) in [5, 5.41) is 2.98. The number of benzene rings is 2. The normalized spacial score (nSPS) is 10.7. The molecule has 208 valence electrons. The van der Waals surface area contributed by atoms with Gasteiger partial charge >= 0.3 is 0 Å². The van der Waals surface area contributed by atoms with Crippen molar-refractivity contribution in [2.75, 3.05) is 11.9 Å². The number of hydrogen-bond acceptors (Lipinski definition) is 3. The van der Waals surface area contributed by atoms with Gasteiger partial charge in [0.25, 0.3) is 5.91 Å². The molecule has 0 fully saturated rings. The summed E-state index contributed by atoms with van der Waals surface area (Å²) in [7, 11) is 0. The topological polar surface area (TPSA) is 42.2 Å². The van der Waals surface area contributed by atoms with Gasteiger partial charge in [-0.25, -0.2) is 0 Å². The zero-order valence-corrected chi connectivity index (χ0v) is 25.6. The summed E-state index contributed by atoms with van der Waals surface area (Å²) in [5.74, 6) is 0.716. The number of thiazole rings is 1. The third kappa shape index (κ3) is 12.6. The third-order valence-electron chi connectivity index (χ3n) is 6.68. The average molecular weight is 602 g/mol. The molecule has 1 N–H and O–H groups in total. The van der Waals surface area contributed by atoms with E-state index >= 15 is 0 Å². The lowest BCUT2D eigenvalue weighted by molar-refractivity contribution is -0.683. The molecule has 3 rings (SSSR count). The highest BCUT2D eigenvalue weighted by Crippen LogP contribution is 2.17. The quantitative estimate of drug-likeness (QED) is 0.150. The molecule has 2 aromatic carbocycles. The SMILES string of the molecule is CCCCCCCCCCCCCCOc1ccc(C(=O)Nc2ccc(C[n+]3csc(C)c3)cc2)cc1.[Br-]. The molecule has 1 heterocycles. The first kappa shape index (κ1) is 32.0. The van der Waals surface area contributed by atoms with Crippen LogP contribution in [-0.4, -0.2) is 12.5 Å². The number of hydrogen-bond donors (Lipinski definition) is 1. The Bertz CT molecular complexity index is 1030. The van der Waals surface area contributed by atoms with Crippen molar-refractivity contribution in [2.24, 2.45) is 0 Å². The first-order chi connectivity index (χ1) is 18.1. The fourth-order valence-electron chi connectivity index (χ4n) is 4.47. The monoisotopic (exact) mass is 600 g/mol. The van der Waals surface area contributed by atoms with E-state index in [-0.39, 0.29) is 22.9 Å². The maximum atomic E-state index is 12.6. The molecule has 0 spiro atoms. The Morgan fingerprint density at radius 3 is 1.95 bits per heavy atom. The van der Waals surface area contributed by atoms with Crippen LogP contribution in [0, 0.1) is 6.92 Å². The summed E-state index contributed by atoms with van der Waals surface area (Å²) >= 11 is 1.74. The van der Waals surface area contributed by atoms with Crippen LogP contribution in [0.5, 0.6) is 5.75 Å². The van der Waals surface area contributed by atoms with Crippen molar-refractivity contribution < 1.29 is 31.1 Å². The van der Waals surface area contributed by atoms with Crippen molar-refractivity contribution in [3.63, 3.8) is 0 Å². The number of halogens is 1. The van der Waals surface area contributed by atoms with E-state index in [0.29, 0.717) is 5.56 Å². The average Bonchev–Trinajstić information content (AvgIpc) is 3.32. The summed E-state index contributed by atoms with van der Waals surface area (Å²) < 4.78 is 8.06. The van der Waals surface area contributed by atoms with Crippen molar-refractivity contribution in [3.8, 4) is 5.75 Å². The molecule has 0 unspecified atom stereocenters. The van der Waals surface area contributed by atoms with Gasteiger partial charge in [-0.05, 0) is 49.7 Å². The van der Waals surface area contributed by atoms with Crippen molar-refractivity contribution in [2.45, 2.75) is 97.4 Å². The second-order valence-electron chi connectivity index (χ2n) is 10.0. The zero-order valence-electron chi connectivity index (χ0n) is 23.2. The van der Waals surface area contributed by atoms with Gasteiger partial charge in [0.2, 0.25) is 5.51 Å². The molecule has 6 heteroatoms. The molecule has 0 aliphatic carbocycles. The number of aryl methyl sites for hydroxylation is 1. The van der Waals surface area contributed by atoms with E-state index in [1.165, 1.54) is 81.1 Å².